The Morgan fingerprint density at radius 3 is 2.76 bits per heavy atom. The van der Waals surface area contributed by atoms with Gasteiger partial charge in [0.2, 0.25) is 0 Å². The lowest BCUT2D eigenvalue weighted by atomic mass is 10.1. The van der Waals surface area contributed by atoms with E-state index in [1.807, 2.05) is 30.3 Å². The van der Waals surface area contributed by atoms with Gasteiger partial charge in [0.05, 0.1) is 29.8 Å². The van der Waals surface area contributed by atoms with Crippen LogP contribution in [0.5, 0.6) is 0 Å². The van der Waals surface area contributed by atoms with Crippen LogP contribution in [0.1, 0.15) is 12.8 Å². The molecule has 3 heterocycles. The third-order valence-corrected chi connectivity index (χ3v) is 3.53. The van der Waals surface area contributed by atoms with Crippen molar-refractivity contribution in [2.45, 2.75) is 18.9 Å². The van der Waals surface area contributed by atoms with Gasteiger partial charge in [-0.25, -0.2) is 0 Å². The zero-order chi connectivity index (χ0) is 11.8. The molecule has 17 heavy (non-hydrogen) atoms. The van der Waals surface area contributed by atoms with Gasteiger partial charge >= 0.3 is 0 Å². The molecule has 2 aromatic heterocycles. The Kier molecular flexibility index (Phi) is 2.48. The van der Waals surface area contributed by atoms with E-state index in [0.29, 0.717) is 6.04 Å². The summed E-state index contributed by atoms with van der Waals surface area (Å²) >= 11 is 0. The lowest BCUT2D eigenvalue weighted by Gasteiger charge is -2.32. The zero-order valence-electron chi connectivity index (χ0n) is 10.0. The van der Waals surface area contributed by atoms with Crippen molar-refractivity contribution in [3.8, 4) is 0 Å². The summed E-state index contributed by atoms with van der Waals surface area (Å²) in [6.45, 7) is 2.02. The molecule has 2 N–H and O–H groups in total. The normalized spacial score (nSPS) is 17.9. The van der Waals surface area contributed by atoms with Crippen molar-refractivity contribution in [2.75, 3.05) is 18.0 Å². The fourth-order valence-electron chi connectivity index (χ4n) is 2.44. The van der Waals surface area contributed by atoms with Gasteiger partial charge in [0.25, 0.3) is 0 Å². The number of aryl methyl sites for hydroxylation is 1. The molecule has 0 aliphatic carbocycles. The second-order valence-corrected chi connectivity index (χ2v) is 4.68. The van der Waals surface area contributed by atoms with E-state index < -0.39 is 0 Å². The number of nitrogens with zero attached hydrogens (tertiary/aromatic N) is 4. The van der Waals surface area contributed by atoms with E-state index in [4.69, 9.17) is 5.73 Å². The van der Waals surface area contributed by atoms with Gasteiger partial charge in [0.15, 0.2) is 0 Å². The van der Waals surface area contributed by atoms with Crippen molar-refractivity contribution in [3.63, 3.8) is 0 Å². The van der Waals surface area contributed by atoms with Gasteiger partial charge in [-0.1, -0.05) is 0 Å². The molecule has 0 spiro atoms. The van der Waals surface area contributed by atoms with Crippen LogP contribution in [0.2, 0.25) is 0 Å². The maximum absolute atomic E-state index is 5.93. The monoisotopic (exact) mass is 231 g/mol. The minimum Gasteiger partial charge on any atom is -0.370 e. The van der Waals surface area contributed by atoms with Crippen LogP contribution < -0.4 is 10.6 Å². The number of fused-ring (bicyclic) bond motifs is 1. The second kappa shape index (κ2) is 4.00. The number of piperidine rings is 1. The lowest BCUT2D eigenvalue weighted by Crippen LogP contribution is -2.39. The number of aromatic nitrogens is 3. The fraction of sp³-hybridized carbons (Fsp3) is 0.500. The minimum absolute atomic E-state index is 0.354. The highest BCUT2D eigenvalue weighted by Gasteiger charge is 2.18. The Balaban J connectivity index is 2.00. The predicted molar refractivity (Wildman–Crippen MR) is 67.9 cm³/mol. The lowest BCUT2D eigenvalue weighted by molar-refractivity contribution is 0.502. The van der Waals surface area contributed by atoms with E-state index in [2.05, 4.69) is 15.0 Å². The van der Waals surface area contributed by atoms with Crippen molar-refractivity contribution in [1.29, 1.82) is 0 Å². The third kappa shape index (κ3) is 1.76. The zero-order valence-corrected chi connectivity index (χ0v) is 10.0. The smallest absolute Gasteiger partial charge is 0.0883 e. The SMILES string of the molecule is Cn1ncc2c(N3CCC(N)CC3)cncc21. The summed E-state index contributed by atoms with van der Waals surface area (Å²) in [6, 6.07) is 0.354. The fourth-order valence-corrected chi connectivity index (χ4v) is 2.44. The average molecular weight is 231 g/mol. The number of rotatable bonds is 1. The van der Waals surface area contributed by atoms with Crippen LogP contribution in [0.4, 0.5) is 5.69 Å². The first-order valence-electron chi connectivity index (χ1n) is 6.02. The van der Waals surface area contributed by atoms with Crippen LogP contribution in [0.25, 0.3) is 10.9 Å². The Labute approximate surface area is 100 Å². The van der Waals surface area contributed by atoms with Crippen molar-refractivity contribution in [1.82, 2.24) is 14.8 Å². The van der Waals surface area contributed by atoms with Gasteiger partial charge in [-0.2, -0.15) is 5.10 Å². The van der Waals surface area contributed by atoms with Crippen LogP contribution in [0.15, 0.2) is 18.6 Å². The molecule has 0 aromatic carbocycles. The van der Waals surface area contributed by atoms with E-state index in [-0.39, 0.29) is 0 Å². The minimum atomic E-state index is 0.354. The Bertz CT molecular complexity index is 525. The van der Waals surface area contributed by atoms with E-state index in [0.717, 1.165) is 31.4 Å². The molecule has 5 nitrogen and oxygen atoms in total. The van der Waals surface area contributed by atoms with E-state index >= 15 is 0 Å². The molecule has 0 unspecified atom stereocenters. The largest absolute Gasteiger partial charge is 0.370 e. The molecule has 3 rings (SSSR count). The van der Waals surface area contributed by atoms with Crippen LogP contribution in [-0.4, -0.2) is 33.9 Å². The van der Waals surface area contributed by atoms with Crippen molar-refractivity contribution >= 4 is 16.6 Å². The van der Waals surface area contributed by atoms with Crippen molar-refractivity contribution in [3.05, 3.63) is 18.6 Å². The summed E-state index contributed by atoms with van der Waals surface area (Å²) in [4.78, 5) is 6.67. The Hall–Kier alpha value is -1.62. The van der Waals surface area contributed by atoms with Gasteiger partial charge in [-0.05, 0) is 12.8 Å². The van der Waals surface area contributed by atoms with Gasteiger partial charge in [0.1, 0.15) is 0 Å². The van der Waals surface area contributed by atoms with Crippen molar-refractivity contribution in [2.24, 2.45) is 12.8 Å². The van der Waals surface area contributed by atoms with Gasteiger partial charge in [-0.15, -0.1) is 0 Å². The summed E-state index contributed by atoms with van der Waals surface area (Å²) in [6.07, 6.45) is 7.82. The summed E-state index contributed by atoms with van der Waals surface area (Å²) < 4.78 is 1.86. The molecule has 1 aliphatic rings. The molecule has 0 bridgehead atoms. The first-order valence-corrected chi connectivity index (χ1v) is 6.02. The molecular weight excluding hydrogens is 214 g/mol. The maximum Gasteiger partial charge on any atom is 0.0883 e. The molecule has 1 saturated heterocycles. The highest BCUT2D eigenvalue weighted by atomic mass is 15.3. The van der Waals surface area contributed by atoms with Crippen LogP contribution in [-0.2, 0) is 7.05 Å². The number of hydrogen-bond acceptors (Lipinski definition) is 4. The molecule has 1 aliphatic heterocycles. The molecule has 0 atom stereocenters. The third-order valence-electron chi connectivity index (χ3n) is 3.53. The number of pyridine rings is 1. The predicted octanol–water partition coefficient (Wildman–Crippen LogP) is 0.896. The summed E-state index contributed by atoms with van der Waals surface area (Å²) in [5.41, 5.74) is 8.20. The topological polar surface area (TPSA) is 60.0 Å². The summed E-state index contributed by atoms with van der Waals surface area (Å²) in [7, 11) is 1.94. The molecule has 0 saturated carbocycles. The van der Waals surface area contributed by atoms with Gasteiger partial charge < -0.3 is 10.6 Å². The first-order chi connectivity index (χ1) is 8.25. The van der Waals surface area contributed by atoms with Crippen LogP contribution in [0, 0.1) is 0 Å². The molecule has 5 heteroatoms. The molecule has 2 aromatic rings. The second-order valence-electron chi connectivity index (χ2n) is 4.68. The Morgan fingerprint density at radius 2 is 2.00 bits per heavy atom. The van der Waals surface area contributed by atoms with E-state index in [9.17, 15) is 0 Å². The number of hydrogen-bond donors (Lipinski definition) is 1. The molecule has 90 valence electrons. The first kappa shape index (κ1) is 10.5. The number of nitrogens with two attached hydrogens (primary N) is 1. The van der Waals surface area contributed by atoms with Crippen molar-refractivity contribution < 1.29 is 0 Å². The van der Waals surface area contributed by atoms with Gasteiger partial charge in [-0.3, -0.25) is 9.67 Å². The summed E-state index contributed by atoms with van der Waals surface area (Å²) in [5, 5.41) is 5.47. The number of anilines is 1. The highest BCUT2D eigenvalue weighted by Crippen LogP contribution is 2.27. The van der Waals surface area contributed by atoms with Gasteiger partial charge in [0, 0.05) is 31.6 Å². The molecule has 1 fully saturated rings. The maximum atomic E-state index is 5.93. The van der Waals surface area contributed by atoms with Crippen LogP contribution >= 0.6 is 0 Å². The Morgan fingerprint density at radius 1 is 1.24 bits per heavy atom. The van der Waals surface area contributed by atoms with Crippen LogP contribution in [0.3, 0.4) is 0 Å². The van der Waals surface area contributed by atoms with E-state index in [1.54, 1.807) is 0 Å². The average Bonchev–Trinajstić information content (AvgIpc) is 2.73. The standard InChI is InChI=1S/C12H17N5/c1-16-11-7-14-8-12(10(11)6-15-16)17-4-2-9(13)3-5-17/h6-9H,2-5,13H2,1H3. The van der Waals surface area contributed by atoms with E-state index in [1.165, 1.54) is 11.1 Å². The molecule has 0 amide bonds. The highest BCUT2D eigenvalue weighted by molar-refractivity contribution is 5.90. The molecule has 0 radical (unpaired) electrons. The quantitative estimate of drug-likeness (QED) is 0.792. The summed E-state index contributed by atoms with van der Waals surface area (Å²) in [5.74, 6) is 0. The molecular formula is C12H17N5.